The number of nitrogens with one attached hydrogen (secondary N) is 1. The summed E-state index contributed by atoms with van der Waals surface area (Å²) in [5.41, 5.74) is 11.8. The summed E-state index contributed by atoms with van der Waals surface area (Å²) >= 11 is 7.02. The van der Waals surface area contributed by atoms with Crippen LogP contribution >= 0.6 is 23.4 Å². The van der Waals surface area contributed by atoms with Gasteiger partial charge in [0.1, 0.15) is 16.7 Å². The smallest absolute Gasteiger partial charge is 0.225 e. The summed E-state index contributed by atoms with van der Waals surface area (Å²) in [5.74, 6) is 0.581. The zero-order valence-electron chi connectivity index (χ0n) is 9.33. The summed E-state index contributed by atoms with van der Waals surface area (Å²) in [7, 11) is 0. The lowest BCUT2D eigenvalue weighted by molar-refractivity contribution is 0.977. The Labute approximate surface area is 116 Å². The van der Waals surface area contributed by atoms with E-state index in [0.29, 0.717) is 27.5 Å². The van der Waals surface area contributed by atoms with Gasteiger partial charge in [0, 0.05) is 6.07 Å². The van der Waals surface area contributed by atoms with Crippen LogP contribution in [0.5, 0.6) is 0 Å². The molecule has 3 aromatic heterocycles. The first-order valence-corrected chi connectivity index (χ1v) is 6.26. The van der Waals surface area contributed by atoms with Gasteiger partial charge in [-0.2, -0.15) is 10.1 Å². The fourth-order valence-electron chi connectivity index (χ4n) is 1.45. The van der Waals surface area contributed by atoms with E-state index in [1.54, 1.807) is 6.20 Å². The van der Waals surface area contributed by atoms with Crippen molar-refractivity contribution in [3.8, 4) is 0 Å². The molecule has 0 bridgehead atoms. The molecule has 0 aliphatic heterocycles. The molecule has 5 N–H and O–H groups in total. The minimum absolute atomic E-state index is 0.108. The lowest BCUT2D eigenvalue weighted by atomic mass is 10.4. The molecule has 0 unspecified atom stereocenters. The van der Waals surface area contributed by atoms with Crippen LogP contribution in [0.15, 0.2) is 22.4 Å². The van der Waals surface area contributed by atoms with Gasteiger partial charge in [-0.3, -0.25) is 5.10 Å². The lowest BCUT2D eigenvalue weighted by Crippen LogP contribution is -1.99. The van der Waals surface area contributed by atoms with Crippen LogP contribution in [0.1, 0.15) is 0 Å². The molecule has 0 aliphatic rings. The van der Waals surface area contributed by atoms with Gasteiger partial charge in [-0.05, 0) is 23.4 Å². The van der Waals surface area contributed by atoms with Crippen LogP contribution < -0.4 is 11.5 Å². The number of hydrogen-bond donors (Lipinski definition) is 3. The molecule has 3 rings (SSSR count). The topological polar surface area (TPSA) is 132 Å². The van der Waals surface area contributed by atoms with Gasteiger partial charge in [0.05, 0.1) is 11.6 Å². The molecule has 0 saturated carbocycles. The third-order valence-corrected chi connectivity index (χ3v) is 3.22. The lowest BCUT2D eigenvalue weighted by Gasteiger charge is -2.03. The number of H-pyrrole nitrogens is 1. The molecule has 0 aliphatic carbocycles. The van der Waals surface area contributed by atoms with Crippen LogP contribution in [0.25, 0.3) is 11.0 Å². The molecular formula is C9H7ClN8S. The maximum Gasteiger partial charge on any atom is 0.225 e. The highest BCUT2D eigenvalue weighted by molar-refractivity contribution is 7.99. The summed E-state index contributed by atoms with van der Waals surface area (Å²) < 4.78 is 0. The SMILES string of the molecule is Nc1cc(N)nc(Sc2nc(Cl)nc3[nH]ncc23)n1. The van der Waals surface area contributed by atoms with Crippen LogP contribution in [-0.2, 0) is 0 Å². The van der Waals surface area contributed by atoms with Crippen molar-refractivity contribution in [2.75, 3.05) is 11.5 Å². The van der Waals surface area contributed by atoms with E-state index in [0.717, 1.165) is 5.39 Å². The normalized spacial score (nSPS) is 11.0. The van der Waals surface area contributed by atoms with E-state index >= 15 is 0 Å². The predicted octanol–water partition coefficient (Wildman–Crippen LogP) is 1.11. The molecule has 0 saturated heterocycles. The molecule has 19 heavy (non-hydrogen) atoms. The Morgan fingerprint density at radius 2 is 1.84 bits per heavy atom. The molecule has 0 amide bonds. The predicted molar refractivity (Wildman–Crippen MR) is 71.7 cm³/mol. The standard InChI is InChI=1S/C9H7ClN8S/c10-8-16-6-3(2-13-18-6)7(17-8)19-9-14-4(11)1-5(12)15-9/h1-2H,(H4,11,12,14,15)(H,13,16,17,18). The van der Waals surface area contributed by atoms with Crippen molar-refractivity contribution in [2.45, 2.75) is 10.2 Å². The highest BCUT2D eigenvalue weighted by Crippen LogP contribution is 2.30. The zero-order chi connectivity index (χ0) is 13.4. The Morgan fingerprint density at radius 3 is 2.58 bits per heavy atom. The first-order valence-electron chi connectivity index (χ1n) is 5.06. The van der Waals surface area contributed by atoms with Crippen LogP contribution in [0.4, 0.5) is 11.6 Å². The highest BCUT2D eigenvalue weighted by atomic mass is 35.5. The Kier molecular flexibility index (Phi) is 2.84. The Hall–Kier alpha value is -2.13. The minimum Gasteiger partial charge on any atom is -0.383 e. The van der Waals surface area contributed by atoms with Crippen LogP contribution in [0, 0.1) is 0 Å². The van der Waals surface area contributed by atoms with Gasteiger partial charge < -0.3 is 11.5 Å². The number of nitrogens with zero attached hydrogens (tertiary/aromatic N) is 5. The molecule has 8 nitrogen and oxygen atoms in total. The first-order chi connectivity index (χ1) is 9.11. The van der Waals surface area contributed by atoms with E-state index in [9.17, 15) is 0 Å². The zero-order valence-corrected chi connectivity index (χ0v) is 10.9. The quantitative estimate of drug-likeness (QED) is 0.473. The number of halogens is 1. The molecule has 0 fully saturated rings. The molecule has 0 spiro atoms. The number of aromatic amines is 1. The largest absolute Gasteiger partial charge is 0.383 e. The van der Waals surface area contributed by atoms with Gasteiger partial charge in [0.15, 0.2) is 10.8 Å². The van der Waals surface area contributed by atoms with Crippen LogP contribution in [-0.4, -0.2) is 30.1 Å². The number of anilines is 2. The van der Waals surface area contributed by atoms with Crippen molar-refractivity contribution in [3.05, 3.63) is 17.5 Å². The summed E-state index contributed by atoms with van der Waals surface area (Å²) in [6.07, 6.45) is 1.60. The van der Waals surface area contributed by atoms with Gasteiger partial charge in [-0.1, -0.05) is 0 Å². The molecular weight excluding hydrogens is 288 g/mol. The Bertz CT molecular complexity index is 737. The molecule has 0 radical (unpaired) electrons. The number of aromatic nitrogens is 6. The second-order valence-corrected chi connectivity index (χ2v) is 4.83. The van der Waals surface area contributed by atoms with Crippen molar-refractivity contribution in [1.82, 2.24) is 30.1 Å². The van der Waals surface area contributed by atoms with Gasteiger partial charge in [-0.15, -0.1) is 0 Å². The fraction of sp³-hybridized carbons (Fsp3) is 0. The van der Waals surface area contributed by atoms with Crippen LogP contribution in [0.2, 0.25) is 5.28 Å². The average Bonchev–Trinajstić information content (AvgIpc) is 2.75. The second-order valence-electron chi connectivity index (χ2n) is 3.53. The minimum atomic E-state index is 0.108. The van der Waals surface area contributed by atoms with Gasteiger partial charge in [0.25, 0.3) is 0 Å². The Morgan fingerprint density at radius 1 is 1.11 bits per heavy atom. The molecule has 10 heteroatoms. The summed E-state index contributed by atoms with van der Waals surface area (Å²) in [5, 5.41) is 8.40. The molecule has 96 valence electrons. The number of hydrogen-bond acceptors (Lipinski definition) is 8. The summed E-state index contributed by atoms with van der Waals surface area (Å²) in [6, 6.07) is 1.48. The van der Waals surface area contributed by atoms with Gasteiger partial charge in [-0.25, -0.2) is 15.0 Å². The molecule has 3 aromatic rings. The third-order valence-electron chi connectivity index (χ3n) is 2.18. The summed E-state index contributed by atoms with van der Waals surface area (Å²) in [6.45, 7) is 0. The van der Waals surface area contributed by atoms with Crippen molar-refractivity contribution in [3.63, 3.8) is 0 Å². The Balaban J connectivity index is 2.07. The van der Waals surface area contributed by atoms with E-state index < -0.39 is 0 Å². The van der Waals surface area contributed by atoms with Crippen molar-refractivity contribution in [2.24, 2.45) is 0 Å². The molecule has 0 atom stereocenters. The monoisotopic (exact) mass is 294 g/mol. The van der Waals surface area contributed by atoms with Crippen molar-refractivity contribution in [1.29, 1.82) is 0 Å². The van der Waals surface area contributed by atoms with Crippen molar-refractivity contribution >= 4 is 46.0 Å². The molecule has 0 aromatic carbocycles. The third kappa shape index (κ3) is 2.37. The maximum atomic E-state index is 5.84. The van der Waals surface area contributed by atoms with E-state index in [1.165, 1.54) is 17.8 Å². The highest BCUT2D eigenvalue weighted by Gasteiger charge is 2.12. The summed E-state index contributed by atoms with van der Waals surface area (Å²) in [4.78, 5) is 16.3. The van der Waals surface area contributed by atoms with E-state index in [1.807, 2.05) is 0 Å². The number of fused-ring (bicyclic) bond motifs is 1. The van der Waals surface area contributed by atoms with Crippen molar-refractivity contribution < 1.29 is 0 Å². The van der Waals surface area contributed by atoms with Crippen LogP contribution in [0.3, 0.4) is 0 Å². The number of nitrogen functional groups attached to an aromatic ring is 2. The van der Waals surface area contributed by atoms with Gasteiger partial charge >= 0.3 is 0 Å². The van der Waals surface area contributed by atoms with E-state index in [2.05, 4.69) is 30.1 Å². The molecule has 3 heterocycles. The second kappa shape index (κ2) is 4.52. The first kappa shape index (κ1) is 11.9. The fourth-order valence-corrected chi connectivity index (χ4v) is 2.54. The van der Waals surface area contributed by atoms with E-state index in [-0.39, 0.29) is 5.28 Å². The van der Waals surface area contributed by atoms with E-state index in [4.69, 9.17) is 23.1 Å². The number of nitrogens with two attached hydrogens (primary N) is 2. The average molecular weight is 295 g/mol. The van der Waals surface area contributed by atoms with Gasteiger partial charge in [0.2, 0.25) is 5.28 Å². The number of rotatable bonds is 2. The maximum absolute atomic E-state index is 5.84.